The van der Waals surface area contributed by atoms with Crippen molar-refractivity contribution in [3.8, 4) is 0 Å². The van der Waals surface area contributed by atoms with E-state index in [1.54, 1.807) is 0 Å². The van der Waals surface area contributed by atoms with Crippen molar-refractivity contribution < 1.29 is 4.79 Å². The summed E-state index contributed by atoms with van der Waals surface area (Å²) in [6.07, 6.45) is 4.32. The first-order valence-corrected chi connectivity index (χ1v) is 7.81. The Morgan fingerprint density at radius 3 is 2.79 bits per heavy atom. The van der Waals surface area contributed by atoms with Crippen LogP contribution in [0.3, 0.4) is 0 Å². The second-order valence-electron chi connectivity index (χ2n) is 5.54. The first kappa shape index (κ1) is 13.1. The van der Waals surface area contributed by atoms with Gasteiger partial charge in [-0.05, 0) is 43.2 Å². The predicted molar refractivity (Wildman–Crippen MR) is 79.1 cm³/mol. The van der Waals surface area contributed by atoms with E-state index in [1.807, 2.05) is 6.07 Å². The Balaban J connectivity index is 1.53. The molecular formula is C15H19BrN2O. The van der Waals surface area contributed by atoms with Gasteiger partial charge in [0.2, 0.25) is 5.91 Å². The number of carbonyl (C=O) groups excluding carboxylic acids is 1. The van der Waals surface area contributed by atoms with Crippen molar-refractivity contribution in [3.05, 3.63) is 34.3 Å². The average Bonchev–Trinajstić information content (AvgIpc) is 2.37. The highest BCUT2D eigenvalue weighted by Crippen LogP contribution is 2.40. The molecule has 1 aromatic rings. The number of hydrogen-bond donors (Lipinski definition) is 2. The molecule has 0 aromatic heterocycles. The van der Waals surface area contributed by atoms with Gasteiger partial charge in [-0.25, -0.2) is 0 Å². The van der Waals surface area contributed by atoms with Gasteiger partial charge >= 0.3 is 0 Å². The van der Waals surface area contributed by atoms with Gasteiger partial charge in [0.05, 0.1) is 6.04 Å². The summed E-state index contributed by atoms with van der Waals surface area (Å²) in [6, 6.07) is 8.96. The van der Waals surface area contributed by atoms with Gasteiger partial charge in [0.25, 0.3) is 0 Å². The summed E-state index contributed by atoms with van der Waals surface area (Å²) >= 11 is 3.62. The molecule has 102 valence electrons. The third kappa shape index (κ3) is 2.84. The fourth-order valence-electron chi connectivity index (χ4n) is 3.03. The van der Waals surface area contributed by atoms with E-state index in [1.165, 1.54) is 10.0 Å². The topological polar surface area (TPSA) is 41.1 Å². The van der Waals surface area contributed by atoms with Gasteiger partial charge < -0.3 is 10.6 Å². The van der Waals surface area contributed by atoms with Crippen LogP contribution in [0.2, 0.25) is 0 Å². The van der Waals surface area contributed by atoms with E-state index in [-0.39, 0.29) is 11.9 Å². The third-order valence-electron chi connectivity index (χ3n) is 4.21. The predicted octanol–water partition coefficient (Wildman–Crippen LogP) is 2.56. The number of carbonyl (C=O) groups is 1. The number of amides is 1. The maximum absolute atomic E-state index is 11.7. The number of halogens is 1. The zero-order valence-electron chi connectivity index (χ0n) is 10.9. The lowest BCUT2D eigenvalue weighted by molar-refractivity contribution is -0.124. The quantitative estimate of drug-likeness (QED) is 0.898. The lowest BCUT2D eigenvalue weighted by Gasteiger charge is -2.39. The maximum atomic E-state index is 11.7. The van der Waals surface area contributed by atoms with Crippen molar-refractivity contribution in [1.82, 2.24) is 10.6 Å². The Hall–Kier alpha value is -0.870. The lowest BCUT2D eigenvalue weighted by atomic mass is 9.75. The van der Waals surface area contributed by atoms with E-state index < -0.39 is 0 Å². The molecule has 2 aliphatic rings. The molecule has 1 saturated heterocycles. The zero-order valence-corrected chi connectivity index (χ0v) is 12.4. The largest absolute Gasteiger partial charge is 0.355 e. The molecule has 1 heterocycles. The van der Waals surface area contributed by atoms with Crippen LogP contribution in [0.15, 0.2) is 28.7 Å². The number of hydrogen-bond acceptors (Lipinski definition) is 2. The molecular weight excluding hydrogens is 304 g/mol. The molecule has 0 bridgehead atoms. The highest BCUT2D eigenvalue weighted by atomic mass is 79.9. The Labute approximate surface area is 122 Å². The molecule has 1 atom stereocenters. The molecule has 1 aliphatic heterocycles. The van der Waals surface area contributed by atoms with Gasteiger partial charge in [0, 0.05) is 17.1 Å². The third-order valence-corrected chi connectivity index (χ3v) is 4.93. The number of rotatable bonds is 3. The Morgan fingerprint density at radius 1 is 1.26 bits per heavy atom. The normalized spacial score (nSPS) is 30.6. The molecule has 3 rings (SSSR count). The SMILES string of the molecule is O=C1NCCCC1NC1CC(c2ccccc2Br)C1. The van der Waals surface area contributed by atoms with Crippen molar-refractivity contribution in [2.24, 2.45) is 0 Å². The van der Waals surface area contributed by atoms with E-state index in [2.05, 4.69) is 44.8 Å². The van der Waals surface area contributed by atoms with E-state index in [9.17, 15) is 4.79 Å². The fourth-order valence-corrected chi connectivity index (χ4v) is 3.64. The van der Waals surface area contributed by atoms with E-state index in [0.29, 0.717) is 12.0 Å². The van der Waals surface area contributed by atoms with Gasteiger partial charge in [-0.2, -0.15) is 0 Å². The first-order chi connectivity index (χ1) is 9.24. The van der Waals surface area contributed by atoms with Crippen LogP contribution in [-0.2, 0) is 4.79 Å². The lowest BCUT2D eigenvalue weighted by Crippen LogP contribution is -2.54. The molecule has 1 amide bonds. The summed E-state index contributed by atoms with van der Waals surface area (Å²) in [5, 5.41) is 6.43. The smallest absolute Gasteiger partial charge is 0.237 e. The van der Waals surface area contributed by atoms with Crippen LogP contribution in [0.1, 0.15) is 37.2 Å². The van der Waals surface area contributed by atoms with Crippen LogP contribution in [0, 0.1) is 0 Å². The molecule has 0 spiro atoms. The van der Waals surface area contributed by atoms with Crippen LogP contribution < -0.4 is 10.6 Å². The number of nitrogens with one attached hydrogen (secondary N) is 2. The minimum atomic E-state index is 0.0268. The summed E-state index contributed by atoms with van der Waals surface area (Å²) in [5.41, 5.74) is 1.40. The minimum Gasteiger partial charge on any atom is -0.355 e. The van der Waals surface area contributed by atoms with Crippen molar-refractivity contribution >= 4 is 21.8 Å². The van der Waals surface area contributed by atoms with Crippen LogP contribution in [0.4, 0.5) is 0 Å². The second-order valence-corrected chi connectivity index (χ2v) is 6.39. The van der Waals surface area contributed by atoms with E-state index in [0.717, 1.165) is 32.2 Å². The summed E-state index contributed by atoms with van der Waals surface area (Å²) in [6.45, 7) is 0.835. The van der Waals surface area contributed by atoms with Crippen molar-refractivity contribution in [3.63, 3.8) is 0 Å². The molecule has 1 saturated carbocycles. The van der Waals surface area contributed by atoms with Crippen molar-refractivity contribution in [2.45, 2.75) is 43.7 Å². The molecule has 3 nitrogen and oxygen atoms in total. The molecule has 0 radical (unpaired) electrons. The maximum Gasteiger partial charge on any atom is 0.237 e. The molecule has 4 heteroatoms. The van der Waals surface area contributed by atoms with Gasteiger partial charge in [-0.1, -0.05) is 34.1 Å². The number of piperidine rings is 1. The summed E-state index contributed by atoms with van der Waals surface area (Å²) in [4.78, 5) is 11.7. The molecule has 19 heavy (non-hydrogen) atoms. The van der Waals surface area contributed by atoms with Gasteiger partial charge in [-0.15, -0.1) is 0 Å². The summed E-state index contributed by atoms with van der Waals surface area (Å²) in [7, 11) is 0. The summed E-state index contributed by atoms with van der Waals surface area (Å²) in [5.74, 6) is 0.801. The first-order valence-electron chi connectivity index (χ1n) is 7.02. The minimum absolute atomic E-state index is 0.0268. The molecule has 1 aromatic carbocycles. The monoisotopic (exact) mass is 322 g/mol. The molecule has 2 N–H and O–H groups in total. The highest BCUT2D eigenvalue weighted by molar-refractivity contribution is 9.10. The Bertz CT molecular complexity index is 471. The molecule has 2 fully saturated rings. The Morgan fingerprint density at radius 2 is 2.05 bits per heavy atom. The van der Waals surface area contributed by atoms with Gasteiger partial charge in [0.15, 0.2) is 0 Å². The molecule has 1 unspecified atom stereocenters. The standard InChI is InChI=1S/C15H19BrN2O/c16-13-5-2-1-4-12(13)10-8-11(9-10)18-14-6-3-7-17-15(14)19/h1-2,4-5,10-11,14,18H,3,6-9H2,(H,17,19). The van der Waals surface area contributed by atoms with Crippen LogP contribution in [0.5, 0.6) is 0 Å². The van der Waals surface area contributed by atoms with Crippen LogP contribution in [-0.4, -0.2) is 24.5 Å². The van der Waals surface area contributed by atoms with Crippen molar-refractivity contribution in [2.75, 3.05) is 6.54 Å². The van der Waals surface area contributed by atoms with Gasteiger partial charge in [-0.3, -0.25) is 4.79 Å². The second kappa shape index (κ2) is 5.63. The fraction of sp³-hybridized carbons (Fsp3) is 0.533. The molecule has 1 aliphatic carbocycles. The zero-order chi connectivity index (χ0) is 13.2. The highest BCUT2D eigenvalue weighted by Gasteiger charge is 2.34. The van der Waals surface area contributed by atoms with Crippen LogP contribution in [0.25, 0.3) is 0 Å². The van der Waals surface area contributed by atoms with Crippen LogP contribution >= 0.6 is 15.9 Å². The Kier molecular flexibility index (Phi) is 3.89. The average molecular weight is 323 g/mol. The van der Waals surface area contributed by atoms with E-state index in [4.69, 9.17) is 0 Å². The van der Waals surface area contributed by atoms with Gasteiger partial charge in [0.1, 0.15) is 0 Å². The summed E-state index contributed by atoms with van der Waals surface area (Å²) < 4.78 is 1.20. The van der Waals surface area contributed by atoms with Crippen molar-refractivity contribution in [1.29, 1.82) is 0 Å². The number of benzene rings is 1. The van der Waals surface area contributed by atoms with E-state index >= 15 is 0 Å².